The average molecular weight is 372 g/mol. The molecule has 1 aromatic heterocycles. The minimum Gasteiger partial charge on any atom is -0.309 e. The van der Waals surface area contributed by atoms with Crippen molar-refractivity contribution in [3.8, 4) is 28.2 Å². The van der Waals surface area contributed by atoms with Crippen molar-refractivity contribution in [3.63, 3.8) is 0 Å². The second kappa shape index (κ2) is 7.12. The second-order valence-electron chi connectivity index (χ2n) is 6.59. The summed E-state index contributed by atoms with van der Waals surface area (Å²) in [6.45, 7) is 2.03. The zero-order valence-corrected chi connectivity index (χ0v) is 15.2. The van der Waals surface area contributed by atoms with Crippen molar-refractivity contribution in [2.75, 3.05) is 0 Å². The lowest BCUT2D eigenvalue weighted by Gasteiger charge is -2.14. The van der Waals surface area contributed by atoms with Gasteiger partial charge in [-0.1, -0.05) is 29.8 Å². The maximum Gasteiger partial charge on any atom is 0.269 e. The third kappa shape index (κ3) is 3.30. The Morgan fingerprint density at radius 3 is 1.75 bits per heavy atom. The molecule has 0 saturated carbocycles. The number of rotatable bonds is 4. The molecule has 4 rings (SSSR count). The van der Waals surface area contributed by atoms with Crippen molar-refractivity contribution < 1.29 is 9.31 Å². The number of hydrogen-bond donors (Lipinski definition) is 0. The number of halogens is 1. The topological polar surface area (TPSA) is 48.1 Å². The Balaban J connectivity index is 1.90. The fourth-order valence-electron chi connectivity index (χ4n) is 3.23. The molecule has 4 aromatic rings. The highest BCUT2D eigenvalue weighted by Gasteiger charge is 2.15. The molecular weight excluding hydrogens is 355 g/mol. The molecule has 1 heterocycles. The molecule has 4 nitrogen and oxygen atoms in total. The molecular formula is C23H17FN2O2. The number of hydrogen-bond acceptors (Lipinski definition) is 2. The molecule has 5 heteroatoms. The standard InChI is InChI=1S/C23H17FN2O2/c1-16-2-4-17(5-3-16)22-14-15-23(18-6-10-21(11-7-18)26(27)28)25(22)20-12-8-19(24)9-13-20/h2-15H,1H3. The van der Waals surface area contributed by atoms with Crippen LogP contribution in [0.25, 0.3) is 28.2 Å². The number of benzene rings is 3. The van der Waals surface area contributed by atoms with E-state index in [1.165, 1.54) is 29.8 Å². The van der Waals surface area contributed by atoms with Crippen LogP contribution in [0.3, 0.4) is 0 Å². The third-order valence-corrected chi connectivity index (χ3v) is 4.69. The monoisotopic (exact) mass is 372 g/mol. The van der Waals surface area contributed by atoms with Gasteiger partial charge in [0, 0.05) is 17.8 Å². The highest BCUT2D eigenvalue weighted by atomic mass is 19.1. The molecule has 0 amide bonds. The summed E-state index contributed by atoms with van der Waals surface area (Å²) in [5.74, 6) is -0.301. The van der Waals surface area contributed by atoms with E-state index < -0.39 is 4.92 Å². The van der Waals surface area contributed by atoms with Crippen LogP contribution in [0.5, 0.6) is 0 Å². The van der Waals surface area contributed by atoms with Crippen LogP contribution < -0.4 is 0 Å². The van der Waals surface area contributed by atoms with Crippen LogP contribution in [0.4, 0.5) is 10.1 Å². The number of nitro groups is 1. The van der Waals surface area contributed by atoms with Crippen molar-refractivity contribution in [2.45, 2.75) is 6.92 Å². The van der Waals surface area contributed by atoms with Gasteiger partial charge in [0.2, 0.25) is 0 Å². The number of nitrogens with zero attached hydrogens (tertiary/aromatic N) is 2. The summed E-state index contributed by atoms with van der Waals surface area (Å²) < 4.78 is 15.5. The molecule has 0 atom stereocenters. The molecule has 0 radical (unpaired) electrons. The zero-order chi connectivity index (χ0) is 19.7. The van der Waals surface area contributed by atoms with Gasteiger partial charge >= 0.3 is 0 Å². The SMILES string of the molecule is Cc1ccc(-c2ccc(-c3ccc([N+](=O)[O-])cc3)n2-c2ccc(F)cc2)cc1. The highest BCUT2D eigenvalue weighted by molar-refractivity contribution is 5.73. The number of aromatic nitrogens is 1. The van der Waals surface area contributed by atoms with E-state index >= 15 is 0 Å². The Kier molecular flexibility index (Phi) is 4.49. The molecule has 0 aliphatic rings. The van der Waals surface area contributed by atoms with Crippen LogP contribution >= 0.6 is 0 Å². The molecule has 0 aliphatic carbocycles. The number of non-ortho nitro benzene ring substituents is 1. The summed E-state index contributed by atoms with van der Waals surface area (Å²) in [6, 6.07) is 24.9. The van der Waals surface area contributed by atoms with Crippen molar-refractivity contribution in [3.05, 3.63) is 106 Å². The van der Waals surface area contributed by atoms with Gasteiger partial charge in [-0.2, -0.15) is 0 Å². The van der Waals surface area contributed by atoms with Crippen LogP contribution in [0, 0.1) is 22.9 Å². The molecule has 138 valence electrons. The van der Waals surface area contributed by atoms with Crippen LogP contribution in [0.2, 0.25) is 0 Å². The van der Waals surface area contributed by atoms with Crippen LogP contribution in [-0.2, 0) is 0 Å². The summed E-state index contributed by atoms with van der Waals surface area (Å²) in [5, 5.41) is 11.0. The van der Waals surface area contributed by atoms with Crippen LogP contribution in [-0.4, -0.2) is 9.49 Å². The van der Waals surface area contributed by atoms with E-state index in [0.717, 1.165) is 28.2 Å². The summed E-state index contributed by atoms with van der Waals surface area (Å²) in [6.07, 6.45) is 0. The Bertz CT molecular complexity index is 1130. The van der Waals surface area contributed by atoms with Gasteiger partial charge in [0.05, 0.1) is 16.3 Å². The van der Waals surface area contributed by atoms with Gasteiger partial charge < -0.3 is 4.57 Å². The predicted molar refractivity (Wildman–Crippen MR) is 108 cm³/mol. The van der Waals surface area contributed by atoms with Gasteiger partial charge in [0.1, 0.15) is 5.82 Å². The fraction of sp³-hybridized carbons (Fsp3) is 0.0435. The molecule has 0 unspecified atom stereocenters. The first-order valence-corrected chi connectivity index (χ1v) is 8.82. The molecule has 0 aliphatic heterocycles. The van der Waals surface area contributed by atoms with E-state index in [1.807, 2.05) is 47.9 Å². The Morgan fingerprint density at radius 1 is 0.750 bits per heavy atom. The third-order valence-electron chi connectivity index (χ3n) is 4.69. The first-order valence-electron chi connectivity index (χ1n) is 8.82. The molecule has 0 bridgehead atoms. The van der Waals surface area contributed by atoms with Gasteiger partial charge in [-0.15, -0.1) is 0 Å². The van der Waals surface area contributed by atoms with Crippen molar-refractivity contribution >= 4 is 5.69 Å². The molecule has 0 spiro atoms. The first-order chi connectivity index (χ1) is 13.5. The lowest BCUT2D eigenvalue weighted by Crippen LogP contribution is -1.99. The van der Waals surface area contributed by atoms with Crippen molar-refractivity contribution in [2.24, 2.45) is 0 Å². The van der Waals surface area contributed by atoms with Crippen LogP contribution in [0.1, 0.15) is 5.56 Å². The molecule has 0 saturated heterocycles. The normalized spacial score (nSPS) is 10.8. The first kappa shape index (κ1) is 17.7. The second-order valence-corrected chi connectivity index (χ2v) is 6.59. The van der Waals surface area contributed by atoms with E-state index in [-0.39, 0.29) is 11.5 Å². The highest BCUT2D eigenvalue weighted by Crippen LogP contribution is 2.33. The molecule has 0 N–H and O–H groups in total. The molecule has 0 fully saturated rings. The van der Waals surface area contributed by atoms with Gasteiger partial charge in [-0.3, -0.25) is 10.1 Å². The minimum atomic E-state index is -0.416. The smallest absolute Gasteiger partial charge is 0.269 e. The Morgan fingerprint density at radius 2 is 1.25 bits per heavy atom. The number of aryl methyl sites for hydroxylation is 1. The fourth-order valence-corrected chi connectivity index (χ4v) is 3.23. The van der Waals surface area contributed by atoms with E-state index in [0.29, 0.717) is 0 Å². The van der Waals surface area contributed by atoms with Crippen molar-refractivity contribution in [1.29, 1.82) is 0 Å². The van der Waals surface area contributed by atoms with E-state index in [9.17, 15) is 14.5 Å². The number of nitro benzene ring substituents is 1. The van der Waals surface area contributed by atoms with Gasteiger partial charge in [-0.25, -0.2) is 4.39 Å². The lowest BCUT2D eigenvalue weighted by molar-refractivity contribution is -0.384. The van der Waals surface area contributed by atoms with E-state index in [1.54, 1.807) is 24.3 Å². The molecule has 3 aromatic carbocycles. The summed E-state index contributed by atoms with van der Waals surface area (Å²) in [7, 11) is 0. The maximum atomic E-state index is 13.5. The minimum absolute atomic E-state index is 0.0439. The molecule has 28 heavy (non-hydrogen) atoms. The average Bonchev–Trinajstić information content (AvgIpc) is 3.14. The largest absolute Gasteiger partial charge is 0.309 e. The van der Waals surface area contributed by atoms with E-state index in [4.69, 9.17) is 0 Å². The van der Waals surface area contributed by atoms with Gasteiger partial charge in [-0.05, 0) is 66.6 Å². The summed E-state index contributed by atoms with van der Waals surface area (Å²) >= 11 is 0. The Hall–Kier alpha value is -3.73. The summed E-state index contributed by atoms with van der Waals surface area (Å²) in [4.78, 5) is 10.5. The predicted octanol–water partition coefficient (Wildman–Crippen LogP) is 6.17. The van der Waals surface area contributed by atoms with E-state index in [2.05, 4.69) is 0 Å². The van der Waals surface area contributed by atoms with Gasteiger partial charge in [0.15, 0.2) is 0 Å². The van der Waals surface area contributed by atoms with Gasteiger partial charge in [0.25, 0.3) is 5.69 Å². The lowest BCUT2D eigenvalue weighted by atomic mass is 10.1. The Labute approximate surface area is 161 Å². The van der Waals surface area contributed by atoms with Crippen molar-refractivity contribution in [1.82, 2.24) is 4.57 Å². The van der Waals surface area contributed by atoms with Crippen LogP contribution in [0.15, 0.2) is 84.9 Å². The maximum absolute atomic E-state index is 13.5. The summed E-state index contributed by atoms with van der Waals surface area (Å²) in [5.41, 5.74) is 5.73. The zero-order valence-electron chi connectivity index (χ0n) is 15.2. The quantitative estimate of drug-likeness (QED) is 0.318.